The second-order valence-electron chi connectivity index (χ2n) is 5.89. The van der Waals surface area contributed by atoms with Crippen molar-refractivity contribution >= 4 is 5.91 Å². The van der Waals surface area contributed by atoms with Crippen LogP contribution >= 0.6 is 0 Å². The molecule has 1 aromatic heterocycles. The van der Waals surface area contributed by atoms with Gasteiger partial charge in [-0.2, -0.15) is 4.98 Å². The Hall–Kier alpha value is -2.37. The fraction of sp³-hybridized carbons (Fsp3) is 0.471. The molecule has 23 heavy (non-hydrogen) atoms. The maximum atomic E-state index is 12.6. The summed E-state index contributed by atoms with van der Waals surface area (Å²) in [5.74, 6) is 1.79. The van der Waals surface area contributed by atoms with Crippen LogP contribution in [0.1, 0.15) is 48.3 Å². The van der Waals surface area contributed by atoms with Gasteiger partial charge < -0.3 is 14.2 Å². The van der Waals surface area contributed by atoms with E-state index in [0.717, 1.165) is 19.4 Å². The van der Waals surface area contributed by atoms with Crippen molar-refractivity contribution in [1.82, 2.24) is 15.0 Å². The first kappa shape index (κ1) is 15.5. The first-order chi connectivity index (χ1) is 11.1. The van der Waals surface area contributed by atoms with Crippen LogP contribution in [0.25, 0.3) is 0 Å². The van der Waals surface area contributed by atoms with Crippen molar-refractivity contribution < 1.29 is 14.1 Å². The van der Waals surface area contributed by atoms with Crippen molar-refractivity contribution in [3.63, 3.8) is 0 Å². The van der Waals surface area contributed by atoms with Crippen LogP contribution in [0, 0.1) is 6.92 Å². The Bertz CT molecular complexity index is 666. The zero-order valence-electron chi connectivity index (χ0n) is 13.5. The number of hydrogen-bond donors (Lipinski definition) is 0. The van der Waals surface area contributed by atoms with E-state index < -0.39 is 0 Å². The number of carbonyl (C=O) groups is 1. The molecule has 0 saturated carbocycles. The summed E-state index contributed by atoms with van der Waals surface area (Å²) in [6, 6.07) is 7.53. The van der Waals surface area contributed by atoms with E-state index in [1.807, 2.05) is 4.90 Å². The second kappa shape index (κ2) is 6.81. The molecule has 1 amide bonds. The lowest BCUT2D eigenvalue weighted by molar-refractivity contribution is 0.0635. The van der Waals surface area contributed by atoms with Crippen molar-refractivity contribution in [3.05, 3.63) is 41.5 Å². The lowest BCUT2D eigenvalue weighted by Gasteiger charge is -2.33. The van der Waals surface area contributed by atoms with Crippen LogP contribution in [0.5, 0.6) is 5.75 Å². The third kappa shape index (κ3) is 3.70. The van der Waals surface area contributed by atoms with E-state index in [4.69, 9.17) is 9.26 Å². The maximum absolute atomic E-state index is 12.6. The zero-order chi connectivity index (χ0) is 16.2. The number of ether oxygens (including phenoxy) is 1. The molecule has 0 spiro atoms. The lowest BCUT2D eigenvalue weighted by atomic mass is 10.0. The van der Waals surface area contributed by atoms with Gasteiger partial charge in [0.15, 0.2) is 6.61 Å². The van der Waals surface area contributed by atoms with Crippen molar-refractivity contribution in [2.45, 2.75) is 45.8 Å². The Morgan fingerprint density at radius 2 is 2.13 bits per heavy atom. The van der Waals surface area contributed by atoms with E-state index in [-0.39, 0.29) is 12.5 Å². The molecule has 2 heterocycles. The fourth-order valence-corrected chi connectivity index (χ4v) is 2.81. The average molecular weight is 315 g/mol. The molecule has 6 nitrogen and oxygen atoms in total. The summed E-state index contributed by atoms with van der Waals surface area (Å²) < 4.78 is 10.5. The highest BCUT2D eigenvalue weighted by molar-refractivity contribution is 5.94. The first-order valence-electron chi connectivity index (χ1n) is 7.96. The monoisotopic (exact) mass is 315 g/mol. The van der Waals surface area contributed by atoms with E-state index in [9.17, 15) is 4.79 Å². The van der Waals surface area contributed by atoms with Crippen LogP contribution in [-0.4, -0.2) is 33.5 Å². The van der Waals surface area contributed by atoms with Crippen LogP contribution in [-0.2, 0) is 6.61 Å². The highest BCUT2D eigenvalue weighted by Gasteiger charge is 2.24. The molecular weight excluding hydrogens is 294 g/mol. The number of aromatic nitrogens is 2. The lowest BCUT2D eigenvalue weighted by Crippen LogP contribution is -2.41. The van der Waals surface area contributed by atoms with Crippen molar-refractivity contribution in [3.8, 4) is 5.75 Å². The molecule has 0 bridgehead atoms. The molecule has 1 aliphatic rings. The summed E-state index contributed by atoms with van der Waals surface area (Å²) in [5.41, 5.74) is 0.696. The normalized spacial score (nSPS) is 18.0. The molecule has 1 saturated heterocycles. The van der Waals surface area contributed by atoms with Gasteiger partial charge in [-0.05, 0) is 50.5 Å². The summed E-state index contributed by atoms with van der Waals surface area (Å²) >= 11 is 0. The highest BCUT2D eigenvalue weighted by atomic mass is 16.5. The molecule has 6 heteroatoms. The molecule has 1 fully saturated rings. The van der Waals surface area contributed by atoms with Gasteiger partial charge in [-0.1, -0.05) is 5.16 Å². The molecule has 1 aliphatic heterocycles. The number of rotatable bonds is 4. The predicted octanol–water partition coefficient (Wildman–Crippen LogP) is 2.97. The SMILES string of the molecule is Cc1nc(COc2ccc(C(=O)N3CCCC[C@@H]3C)cc2)no1. The molecular formula is C17H21N3O3. The van der Waals surface area contributed by atoms with Gasteiger partial charge in [-0.3, -0.25) is 4.79 Å². The Morgan fingerprint density at radius 1 is 1.35 bits per heavy atom. The molecule has 0 radical (unpaired) electrons. The smallest absolute Gasteiger partial charge is 0.254 e. The molecule has 2 aromatic rings. The Morgan fingerprint density at radius 3 is 2.78 bits per heavy atom. The van der Waals surface area contributed by atoms with E-state index in [0.29, 0.717) is 29.1 Å². The summed E-state index contributed by atoms with van der Waals surface area (Å²) in [6.45, 7) is 4.93. The van der Waals surface area contributed by atoms with Gasteiger partial charge in [-0.25, -0.2) is 0 Å². The third-order valence-electron chi connectivity index (χ3n) is 4.10. The van der Waals surface area contributed by atoms with E-state index in [2.05, 4.69) is 17.1 Å². The summed E-state index contributed by atoms with van der Waals surface area (Å²) in [5, 5.41) is 3.77. The number of likely N-dealkylation sites (tertiary alicyclic amines) is 1. The van der Waals surface area contributed by atoms with Gasteiger partial charge in [-0.15, -0.1) is 0 Å². The fourth-order valence-electron chi connectivity index (χ4n) is 2.81. The average Bonchev–Trinajstić information content (AvgIpc) is 2.99. The minimum Gasteiger partial charge on any atom is -0.485 e. The standard InChI is InChI=1S/C17H21N3O3/c1-12-5-3-4-10-20(12)17(21)14-6-8-15(9-7-14)22-11-16-18-13(2)23-19-16/h6-9,12H,3-5,10-11H2,1-2H3/t12-/m0/s1. The van der Waals surface area contributed by atoms with Crippen LogP contribution in [0.2, 0.25) is 0 Å². The Balaban J connectivity index is 1.61. The number of aryl methyl sites for hydroxylation is 1. The molecule has 0 aliphatic carbocycles. The Labute approximate surface area is 135 Å². The number of carbonyl (C=O) groups excluding carboxylic acids is 1. The number of hydrogen-bond acceptors (Lipinski definition) is 5. The summed E-state index contributed by atoms with van der Waals surface area (Å²) in [4.78, 5) is 18.6. The molecule has 0 N–H and O–H groups in total. The maximum Gasteiger partial charge on any atom is 0.254 e. The zero-order valence-corrected chi connectivity index (χ0v) is 13.5. The van der Waals surface area contributed by atoms with Gasteiger partial charge in [0.2, 0.25) is 11.7 Å². The van der Waals surface area contributed by atoms with Gasteiger partial charge in [0.1, 0.15) is 5.75 Å². The van der Waals surface area contributed by atoms with Gasteiger partial charge in [0.05, 0.1) is 0 Å². The number of nitrogens with zero attached hydrogens (tertiary/aromatic N) is 3. The highest BCUT2D eigenvalue weighted by Crippen LogP contribution is 2.21. The number of benzene rings is 1. The van der Waals surface area contributed by atoms with E-state index in [1.54, 1.807) is 31.2 Å². The van der Waals surface area contributed by atoms with Crippen molar-refractivity contribution in [2.24, 2.45) is 0 Å². The molecule has 0 unspecified atom stereocenters. The van der Waals surface area contributed by atoms with Gasteiger partial charge in [0.25, 0.3) is 5.91 Å². The van der Waals surface area contributed by atoms with Gasteiger partial charge >= 0.3 is 0 Å². The Kier molecular flexibility index (Phi) is 4.60. The third-order valence-corrected chi connectivity index (χ3v) is 4.10. The van der Waals surface area contributed by atoms with Crippen molar-refractivity contribution in [1.29, 1.82) is 0 Å². The van der Waals surface area contributed by atoms with Gasteiger partial charge in [0, 0.05) is 25.1 Å². The predicted molar refractivity (Wildman–Crippen MR) is 84.2 cm³/mol. The largest absolute Gasteiger partial charge is 0.485 e. The first-order valence-corrected chi connectivity index (χ1v) is 7.96. The van der Waals surface area contributed by atoms with Crippen LogP contribution in [0.4, 0.5) is 0 Å². The topological polar surface area (TPSA) is 68.5 Å². The van der Waals surface area contributed by atoms with E-state index in [1.165, 1.54) is 6.42 Å². The van der Waals surface area contributed by atoms with Crippen LogP contribution < -0.4 is 4.74 Å². The van der Waals surface area contributed by atoms with E-state index >= 15 is 0 Å². The second-order valence-corrected chi connectivity index (χ2v) is 5.89. The quantitative estimate of drug-likeness (QED) is 0.867. The van der Waals surface area contributed by atoms with Crippen LogP contribution in [0.3, 0.4) is 0 Å². The molecule has 1 aromatic carbocycles. The summed E-state index contributed by atoms with van der Waals surface area (Å²) in [6.07, 6.45) is 3.37. The van der Waals surface area contributed by atoms with Crippen molar-refractivity contribution in [2.75, 3.05) is 6.54 Å². The molecule has 1 atom stereocenters. The molecule has 122 valence electrons. The number of amides is 1. The number of piperidine rings is 1. The summed E-state index contributed by atoms with van der Waals surface area (Å²) in [7, 11) is 0. The molecule has 3 rings (SSSR count). The van der Waals surface area contributed by atoms with Crippen LogP contribution in [0.15, 0.2) is 28.8 Å². The minimum atomic E-state index is 0.0949. The minimum absolute atomic E-state index is 0.0949.